The van der Waals surface area contributed by atoms with Crippen LogP contribution in [-0.2, 0) is 6.54 Å². The fourth-order valence-corrected chi connectivity index (χ4v) is 3.18. The molecule has 1 atom stereocenters. The van der Waals surface area contributed by atoms with E-state index in [1.54, 1.807) is 4.90 Å². The van der Waals surface area contributed by atoms with Crippen molar-refractivity contribution in [2.75, 3.05) is 25.0 Å². The van der Waals surface area contributed by atoms with Crippen molar-refractivity contribution in [1.82, 2.24) is 14.5 Å². The van der Waals surface area contributed by atoms with Gasteiger partial charge in [-0.3, -0.25) is 0 Å². The molecule has 1 aliphatic rings. The van der Waals surface area contributed by atoms with Crippen molar-refractivity contribution in [2.45, 2.75) is 32.7 Å². The second-order valence-electron chi connectivity index (χ2n) is 6.59. The zero-order valence-corrected chi connectivity index (χ0v) is 14.7. The first-order valence-electron chi connectivity index (χ1n) is 8.99. The Kier molecular flexibility index (Phi) is 5.71. The van der Waals surface area contributed by atoms with Gasteiger partial charge in [0, 0.05) is 55.8 Å². The molecule has 6 heteroatoms. The highest BCUT2D eigenvalue weighted by Crippen LogP contribution is 2.23. The van der Waals surface area contributed by atoms with Crippen LogP contribution in [0.5, 0.6) is 0 Å². The molecule has 6 nitrogen and oxygen atoms in total. The Morgan fingerprint density at radius 1 is 1.44 bits per heavy atom. The summed E-state index contributed by atoms with van der Waals surface area (Å²) in [4.78, 5) is 18.6. The Hall–Kier alpha value is -2.34. The van der Waals surface area contributed by atoms with Crippen LogP contribution in [0.25, 0.3) is 11.4 Å². The molecule has 1 fully saturated rings. The van der Waals surface area contributed by atoms with E-state index in [4.69, 9.17) is 0 Å². The summed E-state index contributed by atoms with van der Waals surface area (Å²) >= 11 is 0. The molecule has 2 heterocycles. The predicted octanol–water partition coefficient (Wildman–Crippen LogP) is 3.20. The Labute approximate surface area is 148 Å². The molecule has 1 aliphatic heterocycles. The summed E-state index contributed by atoms with van der Waals surface area (Å²) in [6, 6.07) is 7.69. The molecule has 0 radical (unpaired) electrons. The molecular formula is C19H26N4O2. The Morgan fingerprint density at radius 3 is 3.08 bits per heavy atom. The zero-order valence-electron chi connectivity index (χ0n) is 14.7. The summed E-state index contributed by atoms with van der Waals surface area (Å²) in [5.74, 6) is 1.12. The number of aliphatic hydroxyl groups excluding tert-OH is 1. The number of aryl methyl sites for hydroxylation is 1. The minimum atomic E-state index is -0.109. The number of nitrogens with one attached hydrogen (secondary N) is 1. The van der Waals surface area contributed by atoms with Gasteiger partial charge in [0.2, 0.25) is 0 Å². The standard InChI is InChI=1S/C19H26N4O2/c1-2-3-9-22-11-8-20-18(22)16-5-4-6-17(12-16)21-19(25)23-10-7-15(13-23)14-24/h4-6,8,11-12,15,24H,2-3,7,9-10,13-14H2,1H3,(H,21,25). The molecule has 134 valence electrons. The first kappa shape index (κ1) is 17.5. The highest BCUT2D eigenvalue weighted by Gasteiger charge is 2.25. The third-order valence-corrected chi connectivity index (χ3v) is 4.67. The number of urea groups is 1. The smallest absolute Gasteiger partial charge is 0.321 e. The number of hydrogen-bond acceptors (Lipinski definition) is 3. The fraction of sp³-hybridized carbons (Fsp3) is 0.474. The van der Waals surface area contributed by atoms with Crippen molar-refractivity contribution in [2.24, 2.45) is 5.92 Å². The predicted molar refractivity (Wildman–Crippen MR) is 98.4 cm³/mol. The van der Waals surface area contributed by atoms with E-state index >= 15 is 0 Å². The fourth-order valence-electron chi connectivity index (χ4n) is 3.18. The van der Waals surface area contributed by atoms with Gasteiger partial charge in [0.05, 0.1) is 0 Å². The largest absolute Gasteiger partial charge is 0.396 e. The SMILES string of the molecule is CCCCn1ccnc1-c1cccc(NC(=O)N2CCC(CO)C2)c1. The number of unbranched alkanes of at least 4 members (excludes halogenated alkanes) is 1. The van der Waals surface area contributed by atoms with Crippen molar-refractivity contribution >= 4 is 11.7 Å². The van der Waals surface area contributed by atoms with E-state index in [2.05, 4.69) is 21.8 Å². The number of imidazole rings is 1. The minimum absolute atomic E-state index is 0.109. The maximum absolute atomic E-state index is 12.4. The molecule has 0 saturated carbocycles. The molecule has 0 bridgehead atoms. The van der Waals surface area contributed by atoms with E-state index in [0.717, 1.165) is 42.9 Å². The summed E-state index contributed by atoms with van der Waals surface area (Å²) in [7, 11) is 0. The van der Waals surface area contributed by atoms with Gasteiger partial charge in [-0.1, -0.05) is 25.5 Å². The van der Waals surface area contributed by atoms with Gasteiger partial charge in [0.25, 0.3) is 0 Å². The molecule has 1 aromatic carbocycles. The zero-order chi connectivity index (χ0) is 17.6. The number of aromatic nitrogens is 2. The van der Waals surface area contributed by atoms with Crippen molar-refractivity contribution in [3.63, 3.8) is 0 Å². The average Bonchev–Trinajstić information content (AvgIpc) is 3.29. The molecule has 0 aliphatic carbocycles. The van der Waals surface area contributed by atoms with Crippen LogP contribution in [0, 0.1) is 5.92 Å². The van der Waals surface area contributed by atoms with Crippen LogP contribution in [0.2, 0.25) is 0 Å². The molecule has 2 N–H and O–H groups in total. The van der Waals surface area contributed by atoms with Crippen molar-refractivity contribution < 1.29 is 9.90 Å². The molecule has 2 aromatic rings. The first-order chi connectivity index (χ1) is 12.2. The van der Waals surface area contributed by atoms with Crippen LogP contribution in [-0.4, -0.2) is 45.3 Å². The van der Waals surface area contributed by atoms with E-state index in [9.17, 15) is 9.90 Å². The quantitative estimate of drug-likeness (QED) is 0.847. The first-order valence-corrected chi connectivity index (χ1v) is 8.99. The van der Waals surface area contributed by atoms with Crippen LogP contribution >= 0.6 is 0 Å². The second kappa shape index (κ2) is 8.16. The van der Waals surface area contributed by atoms with E-state index in [0.29, 0.717) is 13.1 Å². The summed E-state index contributed by atoms with van der Waals surface area (Å²) in [5, 5.41) is 12.2. The summed E-state index contributed by atoms with van der Waals surface area (Å²) in [6.45, 7) is 4.56. The number of aliphatic hydroxyl groups is 1. The summed E-state index contributed by atoms with van der Waals surface area (Å²) in [5.41, 5.74) is 1.76. The monoisotopic (exact) mass is 342 g/mol. The van der Waals surface area contributed by atoms with E-state index in [1.807, 2.05) is 36.7 Å². The number of amides is 2. The van der Waals surface area contributed by atoms with Crippen LogP contribution in [0.1, 0.15) is 26.2 Å². The highest BCUT2D eigenvalue weighted by atomic mass is 16.3. The van der Waals surface area contributed by atoms with Gasteiger partial charge in [-0.25, -0.2) is 9.78 Å². The third-order valence-electron chi connectivity index (χ3n) is 4.67. The number of likely N-dealkylation sites (tertiary alicyclic amines) is 1. The normalized spacial score (nSPS) is 17.0. The minimum Gasteiger partial charge on any atom is -0.396 e. The Bertz CT molecular complexity index is 713. The molecule has 25 heavy (non-hydrogen) atoms. The highest BCUT2D eigenvalue weighted by molar-refractivity contribution is 5.90. The lowest BCUT2D eigenvalue weighted by Gasteiger charge is -2.17. The van der Waals surface area contributed by atoms with Gasteiger partial charge in [-0.2, -0.15) is 0 Å². The van der Waals surface area contributed by atoms with Crippen molar-refractivity contribution in [1.29, 1.82) is 0 Å². The number of carbonyl (C=O) groups excluding carboxylic acids is 1. The molecule has 0 spiro atoms. The second-order valence-corrected chi connectivity index (χ2v) is 6.59. The number of carbonyl (C=O) groups is 1. The molecule has 1 saturated heterocycles. The maximum Gasteiger partial charge on any atom is 0.321 e. The van der Waals surface area contributed by atoms with Gasteiger partial charge in [0.1, 0.15) is 5.82 Å². The third kappa shape index (κ3) is 4.20. The van der Waals surface area contributed by atoms with Crippen LogP contribution < -0.4 is 5.32 Å². The lowest BCUT2D eigenvalue weighted by molar-refractivity contribution is 0.209. The van der Waals surface area contributed by atoms with Crippen molar-refractivity contribution in [3.8, 4) is 11.4 Å². The number of anilines is 1. The van der Waals surface area contributed by atoms with Gasteiger partial charge in [-0.05, 0) is 25.0 Å². The molecule has 1 aromatic heterocycles. The van der Waals surface area contributed by atoms with Crippen LogP contribution in [0.3, 0.4) is 0 Å². The van der Waals surface area contributed by atoms with Crippen LogP contribution in [0.4, 0.5) is 10.5 Å². The van der Waals surface area contributed by atoms with E-state index in [-0.39, 0.29) is 18.6 Å². The van der Waals surface area contributed by atoms with E-state index < -0.39 is 0 Å². The topological polar surface area (TPSA) is 70.4 Å². The Morgan fingerprint density at radius 2 is 2.32 bits per heavy atom. The lowest BCUT2D eigenvalue weighted by atomic mass is 10.1. The van der Waals surface area contributed by atoms with Crippen molar-refractivity contribution in [3.05, 3.63) is 36.7 Å². The number of hydrogen-bond donors (Lipinski definition) is 2. The number of rotatable bonds is 6. The Balaban J connectivity index is 1.70. The molecule has 1 unspecified atom stereocenters. The van der Waals surface area contributed by atoms with Gasteiger partial charge >= 0.3 is 6.03 Å². The van der Waals surface area contributed by atoms with Gasteiger partial charge in [-0.15, -0.1) is 0 Å². The number of benzene rings is 1. The van der Waals surface area contributed by atoms with Gasteiger partial charge < -0.3 is 19.9 Å². The summed E-state index contributed by atoms with van der Waals surface area (Å²) < 4.78 is 2.15. The molecule has 2 amide bonds. The number of nitrogens with zero attached hydrogens (tertiary/aromatic N) is 3. The van der Waals surface area contributed by atoms with Crippen LogP contribution in [0.15, 0.2) is 36.7 Å². The maximum atomic E-state index is 12.4. The summed E-state index contributed by atoms with van der Waals surface area (Å²) in [6.07, 6.45) is 6.92. The van der Waals surface area contributed by atoms with E-state index in [1.165, 1.54) is 0 Å². The lowest BCUT2D eigenvalue weighted by Crippen LogP contribution is -2.33. The average molecular weight is 342 g/mol. The molecular weight excluding hydrogens is 316 g/mol. The van der Waals surface area contributed by atoms with Gasteiger partial charge in [0.15, 0.2) is 0 Å². The molecule has 3 rings (SSSR count).